The third kappa shape index (κ3) is 3.62. The second-order valence-corrected chi connectivity index (χ2v) is 11.0. The Bertz CT molecular complexity index is 1950. The molecule has 2 aromatic heterocycles. The van der Waals surface area contributed by atoms with Gasteiger partial charge in [0.2, 0.25) is 0 Å². The van der Waals surface area contributed by atoms with Crippen molar-refractivity contribution in [3.8, 4) is 11.1 Å². The second kappa shape index (κ2) is 9.47. The molecule has 7 rings (SSSR count). The second-order valence-electron chi connectivity index (χ2n) is 11.0. The molecule has 0 amide bonds. The zero-order valence-corrected chi connectivity index (χ0v) is 22.8. The summed E-state index contributed by atoms with van der Waals surface area (Å²) in [5, 5.41) is 5.48. The van der Waals surface area contributed by atoms with Crippen LogP contribution in [-0.2, 0) is 13.6 Å². The van der Waals surface area contributed by atoms with Crippen LogP contribution in [0.4, 0.5) is 0 Å². The van der Waals surface area contributed by atoms with E-state index in [9.17, 15) is 0 Å². The Balaban J connectivity index is 1.63. The van der Waals surface area contributed by atoms with Crippen molar-refractivity contribution in [2.45, 2.75) is 38.6 Å². The number of fused-ring (bicyclic) bond motifs is 7. The summed E-state index contributed by atoms with van der Waals surface area (Å²) in [5.41, 5.74) is 10.9. The van der Waals surface area contributed by atoms with E-state index in [1.54, 1.807) is 0 Å². The molecule has 0 spiro atoms. The fourth-order valence-electron chi connectivity index (χ4n) is 6.72. The molecule has 2 heteroatoms. The predicted octanol–water partition coefficient (Wildman–Crippen LogP) is 9.98. The van der Waals surface area contributed by atoms with Crippen LogP contribution in [0.5, 0.6) is 0 Å². The molecule has 0 atom stereocenters. The minimum absolute atomic E-state index is 0.647. The molecule has 6 aromatic rings. The van der Waals surface area contributed by atoms with Crippen molar-refractivity contribution < 1.29 is 0 Å². The molecular formula is C37H34N2. The summed E-state index contributed by atoms with van der Waals surface area (Å²) in [5.74, 6) is 0.647. The molecule has 0 unspecified atom stereocenters. The lowest BCUT2D eigenvalue weighted by atomic mass is 9.75. The lowest BCUT2D eigenvalue weighted by molar-refractivity contribution is 0.421. The minimum Gasteiger partial charge on any atom is -0.344 e. The summed E-state index contributed by atoms with van der Waals surface area (Å²) in [6, 6.07) is 27.3. The maximum atomic E-state index is 3.78. The monoisotopic (exact) mass is 506 g/mol. The number of rotatable bonds is 6. The van der Waals surface area contributed by atoms with Crippen LogP contribution in [0.15, 0.2) is 110 Å². The van der Waals surface area contributed by atoms with E-state index >= 15 is 0 Å². The highest BCUT2D eigenvalue weighted by atomic mass is 15.0. The fraction of sp³-hybridized carbons (Fsp3) is 0.189. The highest BCUT2D eigenvalue weighted by molar-refractivity contribution is 6.30. The van der Waals surface area contributed by atoms with Gasteiger partial charge < -0.3 is 9.13 Å². The number of aromatic nitrogens is 2. The first-order valence-corrected chi connectivity index (χ1v) is 14.1. The Hall–Kier alpha value is -4.30. The average Bonchev–Trinajstić information content (AvgIpc) is 3.40. The van der Waals surface area contributed by atoms with Gasteiger partial charge in [0.1, 0.15) is 0 Å². The number of hydrogen-bond acceptors (Lipinski definition) is 0. The summed E-state index contributed by atoms with van der Waals surface area (Å²) in [4.78, 5) is 0. The van der Waals surface area contributed by atoms with Gasteiger partial charge in [-0.15, -0.1) is 0 Å². The Kier molecular flexibility index (Phi) is 5.77. The van der Waals surface area contributed by atoms with Gasteiger partial charge in [0, 0.05) is 51.7 Å². The lowest BCUT2D eigenvalue weighted by Crippen LogP contribution is -2.10. The van der Waals surface area contributed by atoms with E-state index in [1.807, 2.05) is 18.2 Å². The van der Waals surface area contributed by atoms with Crippen LogP contribution in [0.1, 0.15) is 36.3 Å². The fourth-order valence-corrected chi connectivity index (χ4v) is 6.72. The Morgan fingerprint density at radius 1 is 0.769 bits per heavy atom. The van der Waals surface area contributed by atoms with Crippen LogP contribution in [0.2, 0.25) is 0 Å². The van der Waals surface area contributed by atoms with E-state index in [1.165, 1.54) is 85.1 Å². The van der Waals surface area contributed by atoms with Gasteiger partial charge >= 0.3 is 0 Å². The molecule has 0 saturated heterocycles. The average molecular weight is 507 g/mol. The summed E-state index contributed by atoms with van der Waals surface area (Å²) in [6.07, 6.45) is 14.1. The van der Waals surface area contributed by atoms with E-state index in [2.05, 4.69) is 115 Å². The van der Waals surface area contributed by atoms with Crippen molar-refractivity contribution in [2.75, 3.05) is 0 Å². The van der Waals surface area contributed by atoms with Crippen molar-refractivity contribution in [1.29, 1.82) is 0 Å². The molecule has 2 heterocycles. The number of benzene rings is 4. The van der Waals surface area contributed by atoms with Gasteiger partial charge in [-0.3, -0.25) is 0 Å². The van der Waals surface area contributed by atoms with Crippen LogP contribution in [-0.4, -0.2) is 9.13 Å². The van der Waals surface area contributed by atoms with E-state index in [-0.39, 0.29) is 0 Å². The first-order chi connectivity index (χ1) is 19.2. The summed E-state index contributed by atoms with van der Waals surface area (Å²) in [7, 11) is 2.23. The van der Waals surface area contributed by atoms with Crippen molar-refractivity contribution in [1.82, 2.24) is 9.13 Å². The normalized spacial score (nSPS) is 14.5. The molecule has 4 aromatic carbocycles. The molecule has 0 N–H and O–H groups in total. The van der Waals surface area contributed by atoms with Gasteiger partial charge in [-0.1, -0.05) is 91.9 Å². The van der Waals surface area contributed by atoms with Gasteiger partial charge in [0.15, 0.2) is 0 Å². The minimum atomic E-state index is 0.647. The molecular weight excluding hydrogens is 472 g/mol. The SMILES string of the molecule is C=C/C=C\C=C/Cn1c2ccccc2c2c3c4c(-c5ccccc5C)c(C5CCC5)ccc4n(C)c3ccc21. The quantitative estimate of drug-likeness (QED) is 0.199. The van der Waals surface area contributed by atoms with E-state index < -0.39 is 0 Å². The number of para-hydroxylation sites is 1. The Morgan fingerprint density at radius 3 is 2.31 bits per heavy atom. The van der Waals surface area contributed by atoms with Crippen LogP contribution in [0, 0.1) is 6.92 Å². The van der Waals surface area contributed by atoms with E-state index in [0.717, 1.165) is 6.54 Å². The molecule has 1 saturated carbocycles. The van der Waals surface area contributed by atoms with Crippen molar-refractivity contribution in [3.63, 3.8) is 0 Å². The van der Waals surface area contributed by atoms with Gasteiger partial charge in [-0.05, 0) is 72.2 Å². The predicted molar refractivity (Wildman–Crippen MR) is 169 cm³/mol. The van der Waals surface area contributed by atoms with Crippen molar-refractivity contribution >= 4 is 43.6 Å². The Labute approximate surface area is 230 Å². The first-order valence-electron chi connectivity index (χ1n) is 14.1. The zero-order valence-electron chi connectivity index (χ0n) is 22.8. The Morgan fingerprint density at radius 2 is 1.51 bits per heavy atom. The molecule has 0 aliphatic heterocycles. The summed E-state index contributed by atoms with van der Waals surface area (Å²) >= 11 is 0. The number of hydrogen-bond donors (Lipinski definition) is 0. The largest absolute Gasteiger partial charge is 0.344 e. The van der Waals surface area contributed by atoms with Gasteiger partial charge in [-0.25, -0.2) is 0 Å². The molecule has 1 fully saturated rings. The van der Waals surface area contributed by atoms with Gasteiger partial charge in [0.25, 0.3) is 0 Å². The van der Waals surface area contributed by atoms with Gasteiger partial charge in [0.05, 0.1) is 5.52 Å². The van der Waals surface area contributed by atoms with Crippen LogP contribution in [0.25, 0.3) is 54.7 Å². The number of aryl methyl sites for hydroxylation is 2. The maximum Gasteiger partial charge on any atom is 0.0502 e. The van der Waals surface area contributed by atoms with Crippen LogP contribution < -0.4 is 0 Å². The summed E-state index contributed by atoms with van der Waals surface area (Å²) in [6.45, 7) is 6.86. The molecule has 192 valence electrons. The highest BCUT2D eigenvalue weighted by Crippen LogP contribution is 2.49. The maximum absolute atomic E-state index is 3.78. The highest BCUT2D eigenvalue weighted by Gasteiger charge is 2.27. The smallest absolute Gasteiger partial charge is 0.0502 e. The van der Waals surface area contributed by atoms with Crippen molar-refractivity contribution in [3.05, 3.63) is 121 Å². The number of nitrogens with zero attached hydrogens (tertiary/aromatic N) is 2. The van der Waals surface area contributed by atoms with Crippen LogP contribution >= 0.6 is 0 Å². The first kappa shape index (κ1) is 23.8. The third-order valence-corrected chi connectivity index (χ3v) is 8.85. The number of allylic oxidation sites excluding steroid dienone is 5. The van der Waals surface area contributed by atoms with Gasteiger partial charge in [-0.2, -0.15) is 0 Å². The molecule has 0 radical (unpaired) electrons. The van der Waals surface area contributed by atoms with E-state index in [0.29, 0.717) is 5.92 Å². The topological polar surface area (TPSA) is 9.86 Å². The standard InChI is InChI=1S/C37H34N2/c1-4-5-6-7-12-24-39-30-19-11-10-18-29(30)35-33(39)23-22-32-37(35)36-31(38(32)3)21-20-28(26-15-13-16-26)34(36)27-17-9-8-14-25(27)2/h4-12,14,17-23,26H,1,13,15-16,24H2,2-3H3/b6-5-,12-7-. The van der Waals surface area contributed by atoms with E-state index in [4.69, 9.17) is 0 Å². The molecule has 2 nitrogen and oxygen atoms in total. The summed E-state index contributed by atoms with van der Waals surface area (Å²) < 4.78 is 4.87. The third-order valence-electron chi connectivity index (χ3n) is 8.85. The molecule has 39 heavy (non-hydrogen) atoms. The lowest BCUT2D eigenvalue weighted by Gasteiger charge is -2.29. The van der Waals surface area contributed by atoms with Crippen LogP contribution in [0.3, 0.4) is 0 Å². The zero-order chi connectivity index (χ0) is 26.5. The molecule has 1 aliphatic rings. The molecule has 1 aliphatic carbocycles. The van der Waals surface area contributed by atoms with Crippen molar-refractivity contribution in [2.24, 2.45) is 7.05 Å². The molecule has 0 bridgehead atoms.